The summed E-state index contributed by atoms with van der Waals surface area (Å²) in [6.07, 6.45) is 7.82. The van der Waals surface area contributed by atoms with E-state index in [1.165, 1.54) is 0 Å². The van der Waals surface area contributed by atoms with Crippen molar-refractivity contribution in [3.05, 3.63) is 65.1 Å². The van der Waals surface area contributed by atoms with E-state index in [0.29, 0.717) is 61.3 Å². The number of hydrogen-bond acceptors (Lipinski definition) is 8. The van der Waals surface area contributed by atoms with Crippen molar-refractivity contribution in [1.82, 2.24) is 24.4 Å². The van der Waals surface area contributed by atoms with Crippen LogP contribution in [0, 0.1) is 6.92 Å². The minimum absolute atomic E-state index is 0.263. The fraction of sp³-hybridized carbons (Fsp3) is 0.529. The summed E-state index contributed by atoms with van der Waals surface area (Å²) in [7, 11) is 0. The van der Waals surface area contributed by atoms with Crippen LogP contribution in [0.25, 0.3) is 11.5 Å². The highest BCUT2D eigenvalue weighted by Gasteiger charge is 2.38. The topological polar surface area (TPSA) is 116 Å². The Morgan fingerprint density at radius 2 is 1.87 bits per heavy atom. The minimum atomic E-state index is -1.22. The van der Waals surface area contributed by atoms with E-state index >= 15 is 0 Å². The molecule has 0 radical (unpaired) electrons. The number of aromatic nitrogens is 5. The Kier molecular flexibility index (Phi) is 8.58. The highest BCUT2D eigenvalue weighted by Crippen LogP contribution is 2.38. The van der Waals surface area contributed by atoms with E-state index < -0.39 is 17.7 Å². The molecule has 0 spiro atoms. The summed E-state index contributed by atoms with van der Waals surface area (Å²) in [6, 6.07) is 10.0. The third kappa shape index (κ3) is 6.84. The number of nitrogens with zero attached hydrogens (tertiary/aromatic N) is 6. The molecule has 240 valence electrons. The highest BCUT2D eigenvalue weighted by molar-refractivity contribution is 5.78. The average molecular weight is 617 g/mol. The number of ether oxygens (including phenoxy) is 3. The lowest BCUT2D eigenvalue weighted by molar-refractivity contribution is -0.160. The van der Waals surface area contributed by atoms with Gasteiger partial charge in [-0.15, -0.1) is 5.10 Å². The molecule has 1 atom stereocenters. The predicted octanol–water partition coefficient (Wildman–Crippen LogP) is 5.69. The molecular weight excluding hydrogens is 572 g/mol. The molecule has 11 nitrogen and oxygen atoms in total. The lowest BCUT2D eigenvalue weighted by Gasteiger charge is -2.41. The van der Waals surface area contributed by atoms with E-state index in [-0.39, 0.29) is 5.60 Å². The van der Waals surface area contributed by atoms with Crippen molar-refractivity contribution in [2.75, 3.05) is 31.2 Å². The molecule has 0 aliphatic carbocycles. The molecule has 0 saturated carbocycles. The van der Waals surface area contributed by atoms with Gasteiger partial charge >= 0.3 is 5.97 Å². The van der Waals surface area contributed by atoms with Gasteiger partial charge in [0.2, 0.25) is 0 Å². The number of benzene rings is 1. The lowest BCUT2D eigenvalue weighted by atomic mass is 9.92. The number of carbonyl (C=O) groups is 1. The molecule has 45 heavy (non-hydrogen) atoms. The zero-order valence-corrected chi connectivity index (χ0v) is 27.0. The van der Waals surface area contributed by atoms with Gasteiger partial charge in [0, 0.05) is 44.1 Å². The minimum Gasteiger partial charge on any atom is -0.493 e. The number of fused-ring (bicyclic) bond motifs is 8. The monoisotopic (exact) mass is 616 g/mol. The quantitative estimate of drug-likeness (QED) is 0.310. The van der Waals surface area contributed by atoms with Gasteiger partial charge in [0.1, 0.15) is 11.6 Å². The maximum atomic E-state index is 12.7. The fourth-order valence-corrected chi connectivity index (χ4v) is 6.22. The Morgan fingerprint density at radius 1 is 1.11 bits per heavy atom. The summed E-state index contributed by atoms with van der Waals surface area (Å²) in [5.74, 6) is 1.11. The summed E-state index contributed by atoms with van der Waals surface area (Å²) in [5, 5.41) is 20.0. The zero-order valence-electron chi connectivity index (χ0n) is 27.0. The van der Waals surface area contributed by atoms with Crippen LogP contribution in [-0.2, 0) is 20.7 Å². The first-order valence-electron chi connectivity index (χ1n) is 15.9. The Morgan fingerprint density at radius 3 is 2.62 bits per heavy atom. The first kappa shape index (κ1) is 31.0. The van der Waals surface area contributed by atoms with Gasteiger partial charge in [-0.05, 0) is 83.9 Å². The van der Waals surface area contributed by atoms with Crippen molar-refractivity contribution in [1.29, 1.82) is 0 Å². The zero-order chi connectivity index (χ0) is 31.8. The van der Waals surface area contributed by atoms with Gasteiger partial charge in [0.25, 0.3) is 0 Å². The lowest BCUT2D eigenvalue weighted by Crippen LogP contribution is -2.46. The fourth-order valence-electron chi connectivity index (χ4n) is 6.22. The van der Waals surface area contributed by atoms with E-state index in [1.54, 1.807) is 9.20 Å². The van der Waals surface area contributed by atoms with Gasteiger partial charge in [0.05, 0.1) is 29.6 Å². The molecular formula is C34H44N6O5. The Bertz CT molecular complexity index is 1660. The second-order valence-corrected chi connectivity index (χ2v) is 13.4. The summed E-state index contributed by atoms with van der Waals surface area (Å²) in [6.45, 7) is 12.3. The van der Waals surface area contributed by atoms with Crippen molar-refractivity contribution < 1.29 is 24.1 Å². The van der Waals surface area contributed by atoms with E-state index in [4.69, 9.17) is 24.3 Å². The van der Waals surface area contributed by atoms with Crippen LogP contribution in [0.1, 0.15) is 88.3 Å². The number of anilines is 1. The molecule has 0 amide bonds. The predicted molar refractivity (Wildman–Crippen MR) is 170 cm³/mol. The Balaban J connectivity index is 1.46. The molecule has 1 saturated heterocycles. The molecule has 6 bridgehead atoms. The molecule has 3 aromatic heterocycles. The molecule has 1 unspecified atom stereocenters. The Labute approximate surface area is 264 Å². The third-order valence-electron chi connectivity index (χ3n) is 8.60. The summed E-state index contributed by atoms with van der Waals surface area (Å²) in [4.78, 5) is 19.8. The van der Waals surface area contributed by atoms with Crippen LogP contribution >= 0.6 is 0 Å². The first-order chi connectivity index (χ1) is 21.5. The summed E-state index contributed by atoms with van der Waals surface area (Å²) in [5.41, 5.74) is 2.89. The van der Waals surface area contributed by atoms with Crippen molar-refractivity contribution in [2.24, 2.45) is 0 Å². The first-order valence-corrected chi connectivity index (χ1v) is 15.9. The smallest absolute Gasteiger partial charge is 0.337 e. The second-order valence-electron chi connectivity index (χ2n) is 13.4. The number of carboxylic acids is 1. The molecule has 3 aliphatic heterocycles. The normalized spacial score (nSPS) is 18.3. The SMILES string of the molecule is Cc1nc2cc3nn2c(c1C(OC(C)(C)C)C(=O)O)N1CCC(C)(CC1)OCCCCCOc1ccccc1Cc1cnn-3c1. The number of piperidine rings is 1. The molecule has 1 aromatic carbocycles. The maximum absolute atomic E-state index is 12.7. The van der Waals surface area contributed by atoms with Crippen LogP contribution < -0.4 is 9.64 Å². The largest absolute Gasteiger partial charge is 0.493 e. The van der Waals surface area contributed by atoms with Crippen LogP contribution in [0.4, 0.5) is 5.82 Å². The number of rotatable bonds is 3. The molecule has 7 rings (SSSR count). The van der Waals surface area contributed by atoms with Gasteiger partial charge < -0.3 is 24.2 Å². The van der Waals surface area contributed by atoms with E-state index in [2.05, 4.69) is 23.0 Å². The number of aryl methyl sites for hydroxylation is 1. The van der Waals surface area contributed by atoms with Gasteiger partial charge in [-0.1, -0.05) is 18.2 Å². The Hall–Kier alpha value is -3.96. The van der Waals surface area contributed by atoms with Crippen molar-refractivity contribution in [2.45, 2.75) is 90.4 Å². The average Bonchev–Trinajstić information content (AvgIpc) is 3.62. The third-order valence-corrected chi connectivity index (χ3v) is 8.60. The molecule has 4 aromatic rings. The number of carboxylic acid groups (broad SMARTS) is 1. The van der Waals surface area contributed by atoms with Gasteiger partial charge in [-0.2, -0.15) is 9.61 Å². The van der Waals surface area contributed by atoms with Gasteiger partial charge in [-0.3, -0.25) is 0 Å². The number of hydrogen-bond donors (Lipinski definition) is 1. The second kappa shape index (κ2) is 12.4. The molecule has 11 heteroatoms. The maximum Gasteiger partial charge on any atom is 0.337 e. The highest BCUT2D eigenvalue weighted by atomic mass is 16.5. The van der Waals surface area contributed by atoms with Crippen LogP contribution in [0.3, 0.4) is 0 Å². The van der Waals surface area contributed by atoms with Gasteiger partial charge in [0.15, 0.2) is 17.6 Å². The summed E-state index contributed by atoms with van der Waals surface area (Å²) < 4.78 is 22.3. The number of para-hydroxylation sites is 1. The van der Waals surface area contributed by atoms with Crippen LogP contribution in [0.2, 0.25) is 0 Å². The van der Waals surface area contributed by atoms with Crippen molar-refractivity contribution >= 4 is 17.4 Å². The van der Waals surface area contributed by atoms with E-state index in [0.717, 1.165) is 49.0 Å². The van der Waals surface area contributed by atoms with Gasteiger partial charge in [-0.25, -0.2) is 14.5 Å². The van der Waals surface area contributed by atoms with E-state index in [9.17, 15) is 9.90 Å². The summed E-state index contributed by atoms with van der Waals surface area (Å²) >= 11 is 0. The molecule has 6 heterocycles. The molecule has 1 fully saturated rings. The molecule has 1 N–H and O–H groups in total. The van der Waals surface area contributed by atoms with Crippen molar-refractivity contribution in [3.63, 3.8) is 0 Å². The standard InChI is InChI=1S/C34H44N6O5/c1-23-29(30(32(41)42)45-33(2,3)4)31-38-15-13-34(5,14-16-38)44-18-10-6-9-17-43-26-12-8-7-11-25(26)19-24-21-35-39(22-24)28-20-27(36-23)40(31)37-28/h7-8,11-12,20-22,30H,6,9-10,13-19H2,1-5H3,(H,41,42). The number of aliphatic carboxylic acids is 1. The van der Waals surface area contributed by atoms with Crippen LogP contribution in [0.5, 0.6) is 5.75 Å². The van der Waals surface area contributed by atoms with Crippen LogP contribution in [-0.4, -0.2) is 73.0 Å². The van der Waals surface area contributed by atoms with Crippen molar-refractivity contribution in [3.8, 4) is 11.6 Å². The molecule has 3 aliphatic rings. The van der Waals surface area contributed by atoms with E-state index in [1.807, 2.05) is 64.4 Å². The van der Waals surface area contributed by atoms with Crippen LogP contribution in [0.15, 0.2) is 42.7 Å².